The van der Waals surface area contributed by atoms with Crippen molar-refractivity contribution in [3.63, 3.8) is 0 Å². The Balaban J connectivity index is 1.85. The number of carbonyl (C=O) groups is 2. The summed E-state index contributed by atoms with van der Waals surface area (Å²) in [6.45, 7) is 2.40. The van der Waals surface area contributed by atoms with Crippen molar-refractivity contribution in [2.45, 2.75) is 12.0 Å². The molecule has 0 N–H and O–H groups in total. The number of amides is 2. The molecule has 0 aromatic carbocycles. The monoisotopic (exact) mass is 350 g/mol. The molecule has 2 aliphatic rings. The number of nitrogens with zero attached hydrogens (tertiary/aromatic N) is 6. The Kier molecular flexibility index (Phi) is 4.59. The molecule has 2 saturated heterocycles. The standard InChI is InChI=1S/C16H23FN6O2/c1-20(2)13(24)10-23-7-6-21(3)14(25)16(23)4-5-22(11-16)15-18-8-12(17)9-19-15/h8-9H,4-7,10-11H2,1-3H3. The van der Waals surface area contributed by atoms with E-state index in [9.17, 15) is 14.0 Å². The summed E-state index contributed by atoms with van der Waals surface area (Å²) in [5, 5.41) is 0. The van der Waals surface area contributed by atoms with Crippen LogP contribution in [0.3, 0.4) is 0 Å². The molecule has 2 amide bonds. The zero-order chi connectivity index (χ0) is 18.2. The van der Waals surface area contributed by atoms with Crippen LogP contribution in [0.15, 0.2) is 12.4 Å². The zero-order valence-electron chi connectivity index (χ0n) is 14.8. The van der Waals surface area contributed by atoms with Crippen LogP contribution >= 0.6 is 0 Å². The van der Waals surface area contributed by atoms with Crippen molar-refractivity contribution >= 4 is 17.8 Å². The highest BCUT2D eigenvalue weighted by Crippen LogP contribution is 2.34. The molecule has 0 aliphatic carbocycles. The van der Waals surface area contributed by atoms with E-state index in [1.165, 1.54) is 4.90 Å². The molecule has 25 heavy (non-hydrogen) atoms. The van der Waals surface area contributed by atoms with Crippen LogP contribution in [0.5, 0.6) is 0 Å². The first-order valence-corrected chi connectivity index (χ1v) is 8.27. The highest BCUT2D eigenvalue weighted by molar-refractivity contribution is 5.89. The van der Waals surface area contributed by atoms with Gasteiger partial charge in [0.1, 0.15) is 5.54 Å². The molecule has 9 heteroatoms. The topological polar surface area (TPSA) is 72.9 Å². The minimum absolute atomic E-state index is 0.00918. The van der Waals surface area contributed by atoms with Crippen LogP contribution in [0.2, 0.25) is 0 Å². The molecule has 0 saturated carbocycles. The molecule has 2 aliphatic heterocycles. The second-order valence-corrected chi connectivity index (χ2v) is 6.84. The molecule has 1 aromatic rings. The molecule has 1 spiro atoms. The van der Waals surface area contributed by atoms with Crippen molar-refractivity contribution < 1.29 is 14.0 Å². The molecule has 3 rings (SSSR count). The Morgan fingerprint density at radius 1 is 1.28 bits per heavy atom. The van der Waals surface area contributed by atoms with Crippen LogP contribution in [-0.4, -0.2) is 95.9 Å². The summed E-state index contributed by atoms with van der Waals surface area (Å²) in [5.41, 5.74) is -0.767. The van der Waals surface area contributed by atoms with Crippen LogP contribution in [0.1, 0.15) is 6.42 Å². The third kappa shape index (κ3) is 3.15. The number of halogens is 1. The maximum atomic E-state index is 13.1. The first-order chi connectivity index (χ1) is 11.8. The van der Waals surface area contributed by atoms with Crippen LogP contribution in [0.4, 0.5) is 10.3 Å². The second kappa shape index (κ2) is 6.55. The van der Waals surface area contributed by atoms with Gasteiger partial charge >= 0.3 is 0 Å². The summed E-state index contributed by atoms with van der Waals surface area (Å²) in [5.74, 6) is -0.120. The third-order valence-electron chi connectivity index (χ3n) is 5.02. The van der Waals surface area contributed by atoms with Crippen LogP contribution < -0.4 is 4.90 Å². The highest BCUT2D eigenvalue weighted by Gasteiger charge is 2.53. The summed E-state index contributed by atoms with van der Waals surface area (Å²) < 4.78 is 13.1. The van der Waals surface area contributed by atoms with E-state index in [1.807, 2.05) is 9.80 Å². The van der Waals surface area contributed by atoms with Gasteiger partial charge in [-0.3, -0.25) is 14.5 Å². The highest BCUT2D eigenvalue weighted by atomic mass is 19.1. The summed E-state index contributed by atoms with van der Waals surface area (Å²) in [7, 11) is 5.20. The van der Waals surface area contributed by atoms with Gasteiger partial charge in [0.25, 0.3) is 0 Å². The maximum absolute atomic E-state index is 13.1. The molecule has 3 heterocycles. The van der Waals surface area contributed by atoms with Gasteiger partial charge in [-0.15, -0.1) is 0 Å². The van der Waals surface area contributed by atoms with E-state index >= 15 is 0 Å². The SMILES string of the molecule is CN(C)C(=O)CN1CCN(C)C(=O)C12CCN(c1ncc(F)cn1)C2. The molecule has 136 valence electrons. The largest absolute Gasteiger partial charge is 0.348 e. The fourth-order valence-electron chi connectivity index (χ4n) is 3.48. The molecule has 8 nitrogen and oxygen atoms in total. The summed E-state index contributed by atoms with van der Waals surface area (Å²) >= 11 is 0. The average Bonchev–Trinajstić information content (AvgIpc) is 3.02. The van der Waals surface area contributed by atoms with E-state index in [0.717, 1.165) is 12.4 Å². The van der Waals surface area contributed by atoms with Crippen molar-refractivity contribution in [3.8, 4) is 0 Å². The molecular weight excluding hydrogens is 327 g/mol. The average molecular weight is 350 g/mol. The molecule has 1 atom stereocenters. The Morgan fingerprint density at radius 2 is 1.96 bits per heavy atom. The van der Waals surface area contributed by atoms with Gasteiger partial charge in [-0.2, -0.15) is 0 Å². The van der Waals surface area contributed by atoms with Crippen molar-refractivity contribution in [2.75, 3.05) is 58.8 Å². The lowest BCUT2D eigenvalue weighted by Crippen LogP contribution is -2.67. The van der Waals surface area contributed by atoms with Gasteiger partial charge in [-0.05, 0) is 6.42 Å². The van der Waals surface area contributed by atoms with Crippen molar-refractivity contribution in [1.82, 2.24) is 24.7 Å². The molecular formula is C16H23FN6O2. The first-order valence-electron chi connectivity index (χ1n) is 8.27. The second-order valence-electron chi connectivity index (χ2n) is 6.84. The number of aromatic nitrogens is 2. The predicted molar refractivity (Wildman–Crippen MR) is 89.5 cm³/mol. The number of rotatable bonds is 3. The zero-order valence-corrected chi connectivity index (χ0v) is 14.8. The van der Waals surface area contributed by atoms with E-state index in [2.05, 4.69) is 9.97 Å². The van der Waals surface area contributed by atoms with Crippen molar-refractivity contribution in [1.29, 1.82) is 0 Å². The number of piperazine rings is 1. The first kappa shape index (κ1) is 17.5. The Hall–Kier alpha value is -2.29. The number of anilines is 1. The normalized spacial score (nSPS) is 24.2. The fourth-order valence-corrected chi connectivity index (χ4v) is 3.48. The maximum Gasteiger partial charge on any atom is 0.244 e. The summed E-state index contributed by atoms with van der Waals surface area (Å²) in [4.78, 5) is 40.3. The minimum Gasteiger partial charge on any atom is -0.348 e. The lowest BCUT2D eigenvalue weighted by atomic mass is 9.91. The summed E-state index contributed by atoms with van der Waals surface area (Å²) in [6.07, 6.45) is 2.82. The van der Waals surface area contributed by atoms with Gasteiger partial charge in [-0.1, -0.05) is 0 Å². The van der Waals surface area contributed by atoms with Gasteiger partial charge in [0.2, 0.25) is 17.8 Å². The van der Waals surface area contributed by atoms with Crippen LogP contribution in [0.25, 0.3) is 0 Å². The van der Waals surface area contributed by atoms with Crippen LogP contribution in [0, 0.1) is 5.82 Å². The number of hydrogen-bond donors (Lipinski definition) is 0. The Bertz CT molecular complexity index is 667. The van der Waals surface area contributed by atoms with Gasteiger partial charge < -0.3 is 14.7 Å². The van der Waals surface area contributed by atoms with E-state index in [1.54, 1.807) is 26.0 Å². The Labute approximate surface area is 146 Å². The lowest BCUT2D eigenvalue weighted by Gasteiger charge is -2.46. The molecule has 0 radical (unpaired) electrons. The smallest absolute Gasteiger partial charge is 0.244 e. The quantitative estimate of drug-likeness (QED) is 0.727. The number of likely N-dealkylation sites (N-methyl/N-ethyl adjacent to an activating group) is 2. The predicted octanol–water partition coefficient (Wildman–Crippen LogP) is -0.573. The van der Waals surface area contributed by atoms with E-state index in [4.69, 9.17) is 0 Å². The minimum atomic E-state index is -0.767. The molecule has 1 unspecified atom stereocenters. The lowest BCUT2D eigenvalue weighted by molar-refractivity contribution is -0.150. The van der Waals surface area contributed by atoms with Crippen molar-refractivity contribution in [2.24, 2.45) is 0 Å². The number of hydrogen-bond acceptors (Lipinski definition) is 6. The van der Waals surface area contributed by atoms with E-state index in [-0.39, 0.29) is 18.4 Å². The Morgan fingerprint density at radius 3 is 2.60 bits per heavy atom. The van der Waals surface area contributed by atoms with Gasteiger partial charge in [0.05, 0.1) is 18.9 Å². The molecule has 1 aromatic heterocycles. The number of carbonyl (C=O) groups excluding carboxylic acids is 2. The third-order valence-corrected chi connectivity index (χ3v) is 5.02. The summed E-state index contributed by atoms with van der Waals surface area (Å²) in [6, 6.07) is 0. The van der Waals surface area contributed by atoms with Gasteiger partial charge in [0, 0.05) is 47.3 Å². The van der Waals surface area contributed by atoms with Gasteiger partial charge in [-0.25, -0.2) is 14.4 Å². The van der Waals surface area contributed by atoms with E-state index < -0.39 is 11.4 Å². The molecule has 2 fully saturated rings. The fraction of sp³-hybridized carbons (Fsp3) is 0.625. The van der Waals surface area contributed by atoms with Crippen LogP contribution in [-0.2, 0) is 9.59 Å². The van der Waals surface area contributed by atoms with E-state index in [0.29, 0.717) is 38.5 Å². The van der Waals surface area contributed by atoms with Crippen molar-refractivity contribution in [3.05, 3.63) is 18.2 Å². The van der Waals surface area contributed by atoms with Gasteiger partial charge in [0.15, 0.2) is 5.82 Å². The molecule has 0 bridgehead atoms.